The first-order valence-electron chi connectivity index (χ1n) is 8.14. The van der Waals surface area contributed by atoms with E-state index >= 15 is 0 Å². The Hall–Kier alpha value is -2.33. The summed E-state index contributed by atoms with van der Waals surface area (Å²) < 4.78 is 19.3. The molecule has 0 radical (unpaired) electrons. The van der Waals surface area contributed by atoms with Gasteiger partial charge in [-0.1, -0.05) is 35.9 Å². The number of halogens is 2. The fraction of sp³-hybridized carbons (Fsp3) is 0.250. The zero-order valence-electron chi connectivity index (χ0n) is 13.9. The minimum Gasteiger partial charge on any atom is -0.496 e. The number of hydrogen-bond donors (Lipinski definition) is 0. The highest BCUT2D eigenvalue weighted by Crippen LogP contribution is 2.31. The molecule has 5 heteroatoms. The molecule has 0 aromatic heterocycles. The Kier molecular flexibility index (Phi) is 5.39. The normalized spacial score (nSPS) is 13.9. The van der Waals surface area contributed by atoms with Gasteiger partial charge in [-0.25, -0.2) is 4.39 Å². The number of carbonyl (C=O) groups is 1. The number of methoxy groups -OCH3 is 1. The maximum atomic E-state index is 14.1. The van der Waals surface area contributed by atoms with Crippen molar-refractivity contribution in [3.63, 3.8) is 0 Å². The SMILES string of the molecule is COc1ccccc1/C=C/C(=O)N(Cc1c(F)cccc1Cl)C1CC1. The van der Waals surface area contributed by atoms with Crippen molar-refractivity contribution in [2.24, 2.45) is 0 Å². The number of ether oxygens (including phenoxy) is 1. The predicted octanol–water partition coefficient (Wildman–Crippen LogP) is 4.69. The number of hydrogen-bond acceptors (Lipinski definition) is 2. The van der Waals surface area contributed by atoms with Crippen LogP contribution < -0.4 is 4.74 Å². The maximum Gasteiger partial charge on any atom is 0.247 e. The first kappa shape index (κ1) is 17.5. The number of para-hydroxylation sites is 1. The molecule has 0 N–H and O–H groups in total. The van der Waals surface area contributed by atoms with E-state index in [1.807, 2.05) is 24.3 Å². The van der Waals surface area contributed by atoms with Gasteiger partial charge in [0.25, 0.3) is 0 Å². The van der Waals surface area contributed by atoms with Crippen LogP contribution in [0.25, 0.3) is 6.08 Å². The van der Waals surface area contributed by atoms with Crippen LogP contribution in [0.15, 0.2) is 48.5 Å². The largest absolute Gasteiger partial charge is 0.496 e. The Morgan fingerprint density at radius 2 is 2.04 bits per heavy atom. The van der Waals surface area contributed by atoms with E-state index in [1.165, 1.54) is 12.1 Å². The molecule has 3 rings (SSSR count). The van der Waals surface area contributed by atoms with Gasteiger partial charge in [-0.2, -0.15) is 0 Å². The average Bonchev–Trinajstić information content (AvgIpc) is 3.44. The van der Waals surface area contributed by atoms with Crippen LogP contribution in [0.3, 0.4) is 0 Å². The van der Waals surface area contributed by atoms with Gasteiger partial charge in [0.2, 0.25) is 5.91 Å². The monoisotopic (exact) mass is 359 g/mol. The molecule has 1 amide bonds. The lowest BCUT2D eigenvalue weighted by Crippen LogP contribution is -2.31. The molecule has 1 aliphatic rings. The molecule has 1 fully saturated rings. The quantitative estimate of drug-likeness (QED) is 0.700. The van der Waals surface area contributed by atoms with Crippen LogP contribution in [0.1, 0.15) is 24.0 Å². The lowest BCUT2D eigenvalue weighted by Gasteiger charge is -2.22. The van der Waals surface area contributed by atoms with Crippen molar-refractivity contribution >= 4 is 23.6 Å². The van der Waals surface area contributed by atoms with E-state index in [1.54, 1.807) is 30.2 Å². The fourth-order valence-corrected chi connectivity index (χ4v) is 2.91. The summed E-state index contributed by atoms with van der Waals surface area (Å²) in [7, 11) is 1.59. The molecular weight excluding hydrogens is 341 g/mol. The third-order valence-corrected chi connectivity index (χ3v) is 4.56. The number of rotatable bonds is 6. The topological polar surface area (TPSA) is 29.5 Å². The van der Waals surface area contributed by atoms with Crippen LogP contribution in [0.2, 0.25) is 5.02 Å². The van der Waals surface area contributed by atoms with Gasteiger partial charge in [-0.05, 0) is 37.1 Å². The first-order valence-corrected chi connectivity index (χ1v) is 8.52. The summed E-state index contributed by atoms with van der Waals surface area (Å²) in [6, 6.07) is 12.2. The third kappa shape index (κ3) is 4.20. The maximum absolute atomic E-state index is 14.1. The van der Waals surface area contributed by atoms with Crippen LogP contribution >= 0.6 is 11.6 Å². The second kappa shape index (κ2) is 7.70. The van der Waals surface area contributed by atoms with Crippen molar-refractivity contribution in [3.05, 3.63) is 70.5 Å². The molecule has 0 saturated heterocycles. The predicted molar refractivity (Wildman–Crippen MR) is 97.0 cm³/mol. The molecule has 0 spiro atoms. The lowest BCUT2D eigenvalue weighted by molar-refractivity contribution is -0.127. The highest BCUT2D eigenvalue weighted by atomic mass is 35.5. The second-order valence-corrected chi connectivity index (χ2v) is 6.38. The molecular formula is C20H19ClFNO2. The second-order valence-electron chi connectivity index (χ2n) is 5.97. The molecule has 0 unspecified atom stereocenters. The molecule has 130 valence electrons. The van der Waals surface area contributed by atoms with E-state index in [9.17, 15) is 9.18 Å². The number of amides is 1. The standard InChI is InChI=1S/C20H19ClFNO2/c1-25-19-8-3-2-5-14(19)9-12-20(24)23(15-10-11-15)13-16-17(21)6-4-7-18(16)22/h2-9,12,15H,10-11,13H2,1H3/b12-9+. The van der Waals surface area contributed by atoms with Gasteiger partial charge in [-0.3, -0.25) is 4.79 Å². The highest BCUT2D eigenvalue weighted by molar-refractivity contribution is 6.31. The van der Waals surface area contributed by atoms with Gasteiger partial charge in [0.05, 0.1) is 13.7 Å². The molecule has 2 aromatic rings. The third-order valence-electron chi connectivity index (χ3n) is 4.21. The smallest absolute Gasteiger partial charge is 0.247 e. The van der Waals surface area contributed by atoms with Gasteiger partial charge in [0, 0.05) is 28.3 Å². The van der Waals surface area contributed by atoms with Gasteiger partial charge >= 0.3 is 0 Å². The van der Waals surface area contributed by atoms with Gasteiger partial charge < -0.3 is 9.64 Å². The van der Waals surface area contributed by atoms with Crippen molar-refractivity contribution in [2.45, 2.75) is 25.4 Å². The first-order chi connectivity index (χ1) is 12.1. The Bertz CT molecular complexity index is 782. The Balaban J connectivity index is 1.79. The van der Waals surface area contributed by atoms with E-state index < -0.39 is 0 Å². The summed E-state index contributed by atoms with van der Waals surface area (Å²) in [5.41, 5.74) is 1.17. The van der Waals surface area contributed by atoms with E-state index in [0.717, 1.165) is 18.4 Å². The van der Waals surface area contributed by atoms with Crippen molar-refractivity contribution in [3.8, 4) is 5.75 Å². The Morgan fingerprint density at radius 1 is 1.28 bits per heavy atom. The zero-order chi connectivity index (χ0) is 17.8. The van der Waals surface area contributed by atoms with Crippen molar-refractivity contribution in [1.82, 2.24) is 4.90 Å². The molecule has 1 aliphatic carbocycles. The molecule has 1 saturated carbocycles. The summed E-state index contributed by atoms with van der Waals surface area (Å²) >= 11 is 6.10. The van der Waals surface area contributed by atoms with Gasteiger partial charge in [0.1, 0.15) is 11.6 Å². The minimum atomic E-state index is -0.389. The molecule has 3 nitrogen and oxygen atoms in total. The highest BCUT2D eigenvalue weighted by Gasteiger charge is 2.32. The van der Waals surface area contributed by atoms with Crippen LogP contribution in [0.5, 0.6) is 5.75 Å². The van der Waals surface area contributed by atoms with Crippen LogP contribution in [0, 0.1) is 5.82 Å². The number of carbonyl (C=O) groups excluding carboxylic acids is 1. The molecule has 2 aromatic carbocycles. The fourth-order valence-electron chi connectivity index (χ4n) is 2.69. The van der Waals surface area contributed by atoms with E-state index in [2.05, 4.69) is 0 Å². The van der Waals surface area contributed by atoms with Crippen molar-refractivity contribution in [1.29, 1.82) is 0 Å². The Morgan fingerprint density at radius 3 is 2.72 bits per heavy atom. The summed E-state index contributed by atoms with van der Waals surface area (Å²) in [5.74, 6) is 0.147. The van der Waals surface area contributed by atoms with E-state index in [0.29, 0.717) is 16.3 Å². The molecule has 0 heterocycles. The molecule has 0 bridgehead atoms. The number of nitrogens with zero attached hydrogens (tertiary/aromatic N) is 1. The van der Waals surface area contributed by atoms with Crippen molar-refractivity contribution < 1.29 is 13.9 Å². The Labute approximate surface area is 151 Å². The molecule has 0 atom stereocenters. The lowest BCUT2D eigenvalue weighted by atomic mass is 10.1. The number of benzene rings is 2. The molecule has 0 aliphatic heterocycles. The van der Waals surface area contributed by atoms with Gasteiger partial charge in [0.15, 0.2) is 0 Å². The van der Waals surface area contributed by atoms with Crippen LogP contribution in [-0.2, 0) is 11.3 Å². The summed E-state index contributed by atoms with van der Waals surface area (Å²) in [6.07, 6.45) is 5.09. The van der Waals surface area contributed by atoms with Crippen LogP contribution in [0.4, 0.5) is 4.39 Å². The summed E-state index contributed by atoms with van der Waals surface area (Å²) in [4.78, 5) is 14.3. The summed E-state index contributed by atoms with van der Waals surface area (Å²) in [5, 5.41) is 0.340. The average molecular weight is 360 g/mol. The minimum absolute atomic E-state index is 0.144. The van der Waals surface area contributed by atoms with Crippen LogP contribution in [-0.4, -0.2) is 24.0 Å². The van der Waals surface area contributed by atoms with E-state index in [-0.39, 0.29) is 24.3 Å². The van der Waals surface area contributed by atoms with E-state index in [4.69, 9.17) is 16.3 Å². The van der Waals surface area contributed by atoms with Crippen molar-refractivity contribution in [2.75, 3.05) is 7.11 Å². The van der Waals surface area contributed by atoms with Gasteiger partial charge in [-0.15, -0.1) is 0 Å². The zero-order valence-corrected chi connectivity index (χ0v) is 14.7. The molecule has 25 heavy (non-hydrogen) atoms. The summed E-state index contributed by atoms with van der Waals surface area (Å²) in [6.45, 7) is 0.172.